The van der Waals surface area contributed by atoms with Crippen molar-refractivity contribution < 1.29 is 27.5 Å². The summed E-state index contributed by atoms with van der Waals surface area (Å²) in [5.74, 6) is -2.03. The molecule has 1 aromatic rings. The molecule has 18 heavy (non-hydrogen) atoms. The summed E-state index contributed by atoms with van der Waals surface area (Å²) >= 11 is 0. The highest BCUT2D eigenvalue weighted by atomic mass is 19.4. The molecule has 1 rings (SSSR count). The molecule has 0 fully saturated rings. The lowest BCUT2D eigenvalue weighted by molar-refractivity contribution is -0.137. The number of rotatable bonds is 4. The molecule has 0 unspecified atom stereocenters. The molecule has 0 saturated carbocycles. The first-order chi connectivity index (χ1) is 8.30. The summed E-state index contributed by atoms with van der Waals surface area (Å²) in [6.45, 7) is -0.0927. The monoisotopic (exact) mass is 263 g/mol. The van der Waals surface area contributed by atoms with E-state index in [9.17, 15) is 22.4 Å². The van der Waals surface area contributed by atoms with E-state index in [1.807, 2.05) is 0 Å². The summed E-state index contributed by atoms with van der Waals surface area (Å²) in [7, 11) is 0. The maximum absolute atomic E-state index is 13.2. The normalized spacial score (nSPS) is 11.8. The van der Waals surface area contributed by atoms with Crippen molar-refractivity contribution in [3.05, 3.63) is 41.7 Å². The fraction of sp³-hybridized carbons (Fsp3) is 0.182. The summed E-state index contributed by atoms with van der Waals surface area (Å²) in [5.41, 5.74) is -1.31. The van der Waals surface area contributed by atoms with Crippen LogP contribution in [0.3, 0.4) is 0 Å². The molecule has 0 bridgehead atoms. The number of hydrogen-bond acceptors (Lipinski definition) is 2. The predicted octanol–water partition coefficient (Wildman–Crippen LogP) is 2.90. The van der Waals surface area contributed by atoms with Gasteiger partial charge in [-0.2, -0.15) is 13.2 Å². The van der Waals surface area contributed by atoms with E-state index in [2.05, 4.69) is 5.32 Å². The number of anilines is 1. The van der Waals surface area contributed by atoms with Crippen LogP contribution in [0, 0.1) is 5.82 Å². The van der Waals surface area contributed by atoms with Crippen LogP contribution in [0.15, 0.2) is 30.4 Å². The standard InChI is InChI=1S/C11H9F4NO2/c12-8-4-3-7(11(13,14)15)6-9(8)16-5-1-2-10(17)18/h1-4,6,16H,5H2,(H,17,18)/b2-1+. The van der Waals surface area contributed by atoms with Gasteiger partial charge in [0.25, 0.3) is 0 Å². The molecule has 98 valence electrons. The van der Waals surface area contributed by atoms with E-state index in [1.165, 1.54) is 0 Å². The van der Waals surface area contributed by atoms with Crippen LogP contribution in [-0.2, 0) is 11.0 Å². The maximum atomic E-state index is 13.2. The number of carbonyl (C=O) groups is 1. The average molecular weight is 263 g/mol. The molecule has 0 heterocycles. The summed E-state index contributed by atoms with van der Waals surface area (Å²) in [6, 6.07) is 1.96. The Balaban J connectivity index is 2.79. The molecule has 0 spiro atoms. The molecule has 3 nitrogen and oxygen atoms in total. The van der Waals surface area contributed by atoms with Gasteiger partial charge >= 0.3 is 12.1 Å². The van der Waals surface area contributed by atoms with Gasteiger partial charge in [-0.15, -0.1) is 0 Å². The van der Waals surface area contributed by atoms with Crippen LogP contribution in [0.5, 0.6) is 0 Å². The minimum atomic E-state index is -4.55. The van der Waals surface area contributed by atoms with E-state index in [1.54, 1.807) is 0 Å². The number of nitrogens with one attached hydrogen (secondary N) is 1. The molecule has 7 heteroatoms. The predicted molar refractivity (Wildman–Crippen MR) is 56.7 cm³/mol. The van der Waals surface area contributed by atoms with Crippen LogP contribution >= 0.6 is 0 Å². The Morgan fingerprint density at radius 3 is 2.61 bits per heavy atom. The summed E-state index contributed by atoms with van der Waals surface area (Å²) in [4.78, 5) is 10.1. The van der Waals surface area contributed by atoms with Gasteiger partial charge in [0.2, 0.25) is 0 Å². The van der Waals surface area contributed by atoms with E-state index >= 15 is 0 Å². The van der Waals surface area contributed by atoms with Crippen LogP contribution in [0.25, 0.3) is 0 Å². The van der Waals surface area contributed by atoms with Gasteiger partial charge in [0.1, 0.15) is 5.82 Å². The molecule has 0 aliphatic carbocycles. The van der Waals surface area contributed by atoms with E-state index in [4.69, 9.17) is 5.11 Å². The number of carboxylic acids is 1. The Labute approximate surface area is 99.7 Å². The van der Waals surface area contributed by atoms with Crippen LogP contribution in [-0.4, -0.2) is 17.6 Å². The van der Waals surface area contributed by atoms with Gasteiger partial charge in [-0.05, 0) is 18.2 Å². The van der Waals surface area contributed by atoms with Crippen LogP contribution < -0.4 is 5.32 Å². The first kappa shape index (κ1) is 14.0. The molecule has 0 aliphatic rings. The third-order valence-electron chi connectivity index (χ3n) is 1.96. The second-order valence-corrected chi connectivity index (χ2v) is 3.31. The SMILES string of the molecule is O=C(O)/C=C/CNc1cc(C(F)(F)F)ccc1F. The fourth-order valence-corrected chi connectivity index (χ4v) is 1.17. The largest absolute Gasteiger partial charge is 0.478 e. The van der Waals surface area contributed by atoms with E-state index in [0.29, 0.717) is 18.2 Å². The molecule has 0 amide bonds. The average Bonchev–Trinajstić information content (AvgIpc) is 2.24. The first-order valence-corrected chi connectivity index (χ1v) is 4.81. The van der Waals surface area contributed by atoms with Crippen molar-refractivity contribution >= 4 is 11.7 Å². The van der Waals surface area contributed by atoms with Crippen molar-refractivity contribution in [3.8, 4) is 0 Å². The van der Waals surface area contributed by atoms with Gasteiger partial charge < -0.3 is 10.4 Å². The van der Waals surface area contributed by atoms with Crippen LogP contribution in [0.4, 0.5) is 23.2 Å². The molecule has 0 radical (unpaired) electrons. The Kier molecular flexibility index (Phi) is 4.30. The highest BCUT2D eigenvalue weighted by Gasteiger charge is 2.31. The van der Waals surface area contributed by atoms with Crippen molar-refractivity contribution in [3.63, 3.8) is 0 Å². The van der Waals surface area contributed by atoms with Gasteiger partial charge in [0.15, 0.2) is 0 Å². The maximum Gasteiger partial charge on any atom is 0.416 e. The molecule has 0 atom stereocenters. The third-order valence-corrected chi connectivity index (χ3v) is 1.96. The Bertz CT molecular complexity index is 469. The lowest BCUT2D eigenvalue weighted by atomic mass is 10.2. The Hall–Kier alpha value is -2.05. The van der Waals surface area contributed by atoms with Gasteiger partial charge in [-0.25, -0.2) is 9.18 Å². The van der Waals surface area contributed by atoms with E-state index in [0.717, 1.165) is 12.2 Å². The second-order valence-electron chi connectivity index (χ2n) is 3.31. The molecular formula is C11H9F4NO2. The van der Waals surface area contributed by atoms with Crippen molar-refractivity contribution in [2.45, 2.75) is 6.18 Å². The van der Waals surface area contributed by atoms with E-state index in [-0.39, 0.29) is 12.2 Å². The number of hydrogen-bond donors (Lipinski definition) is 2. The lowest BCUT2D eigenvalue weighted by Gasteiger charge is -2.10. The zero-order valence-electron chi connectivity index (χ0n) is 8.96. The lowest BCUT2D eigenvalue weighted by Crippen LogP contribution is -2.08. The van der Waals surface area contributed by atoms with Crippen molar-refractivity contribution in [2.24, 2.45) is 0 Å². The van der Waals surface area contributed by atoms with Crippen molar-refractivity contribution in [2.75, 3.05) is 11.9 Å². The summed E-state index contributed by atoms with van der Waals surface area (Å²) in [6.07, 6.45) is -2.60. The highest BCUT2D eigenvalue weighted by Crippen LogP contribution is 2.31. The fourth-order valence-electron chi connectivity index (χ4n) is 1.17. The molecule has 0 aliphatic heterocycles. The molecular weight excluding hydrogens is 254 g/mol. The van der Waals surface area contributed by atoms with Crippen LogP contribution in [0.1, 0.15) is 5.56 Å². The van der Waals surface area contributed by atoms with Gasteiger partial charge in [-0.3, -0.25) is 0 Å². The van der Waals surface area contributed by atoms with Gasteiger partial charge in [0, 0.05) is 12.6 Å². The number of aliphatic carboxylic acids is 1. The zero-order chi connectivity index (χ0) is 13.8. The third kappa shape index (κ3) is 4.08. The molecule has 0 aromatic heterocycles. The van der Waals surface area contributed by atoms with E-state index < -0.39 is 23.5 Å². The van der Waals surface area contributed by atoms with Gasteiger partial charge in [0.05, 0.1) is 11.3 Å². The van der Waals surface area contributed by atoms with Gasteiger partial charge in [-0.1, -0.05) is 6.08 Å². The highest BCUT2D eigenvalue weighted by molar-refractivity contribution is 5.79. The Morgan fingerprint density at radius 1 is 1.39 bits per heavy atom. The molecule has 1 aromatic carbocycles. The topological polar surface area (TPSA) is 49.3 Å². The minimum Gasteiger partial charge on any atom is -0.478 e. The second kappa shape index (κ2) is 5.52. The van der Waals surface area contributed by atoms with Crippen molar-refractivity contribution in [1.82, 2.24) is 0 Å². The number of halogens is 4. The quantitative estimate of drug-likeness (QED) is 0.648. The Morgan fingerprint density at radius 2 is 2.06 bits per heavy atom. The smallest absolute Gasteiger partial charge is 0.416 e. The minimum absolute atomic E-state index is 0.0927. The van der Waals surface area contributed by atoms with Crippen molar-refractivity contribution in [1.29, 1.82) is 0 Å². The summed E-state index contributed by atoms with van der Waals surface area (Å²) in [5, 5.41) is 10.6. The summed E-state index contributed by atoms with van der Waals surface area (Å²) < 4.78 is 50.2. The molecule has 2 N–H and O–H groups in total. The zero-order valence-corrected chi connectivity index (χ0v) is 8.96. The first-order valence-electron chi connectivity index (χ1n) is 4.81. The number of benzene rings is 1. The molecule has 0 saturated heterocycles. The van der Waals surface area contributed by atoms with Crippen LogP contribution in [0.2, 0.25) is 0 Å². The number of alkyl halides is 3. The number of carboxylic acid groups (broad SMARTS) is 1.